The average Bonchev–Trinajstić information content (AvgIpc) is 2.88. The normalized spacial score (nSPS) is 11.0. The molecule has 0 aliphatic carbocycles. The smallest absolute Gasteiger partial charge is 0.262 e. The highest BCUT2D eigenvalue weighted by Gasteiger charge is 2.23. The number of carbonyl (C=O) groups is 1. The molecule has 166 valence electrons. The van der Waals surface area contributed by atoms with E-state index >= 15 is 0 Å². The summed E-state index contributed by atoms with van der Waals surface area (Å²) in [5, 5.41) is 0.943. The van der Waals surface area contributed by atoms with E-state index in [2.05, 4.69) is 6.07 Å². The van der Waals surface area contributed by atoms with Gasteiger partial charge in [-0.05, 0) is 42.2 Å². The lowest BCUT2D eigenvalue weighted by Crippen LogP contribution is -2.30. The van der Waals surface area contributed by atoms with Crippen molar-refractivity contribution in [3.8, 4) is 0 Å². The summed E-state index contributed by atoms with van der Waals surface area (Å²) in [6, 6.07) is 35.1. The first-order chi connectivity index (χ1) is 16.6. The molecule has 0 fully saturated rings. The molecule has 0 bridgehead atoms. The van der Waals surface area contributed by atoms with Gasteiger partial charge < -0.3 is 4.57 Å². The van der Waals surface area contributed by atoms with Crippen LogP contribution in [0.5, 0.6) is 0 Å². The van der Waals surface area contributed by atoms with Crippen molar-refractivity contribution in [2.75, 3.05) is 0 Å². The molecule has 0 unspecified atom stereocenters. The predicted molar refractivity (Wildman–Crippen MR) is 138 cm³/mol. The monoisotopic (exact) mass is 443 g/mol. The molecule has 3 heteroatoms. The summed E-state index contributed by atoms with van der Waals surface area (Å²) >= 11 is 0. The van der Waals surface area contributed by atoms with E-state index in [0.717, 1.165) is 33.2 Å². The summed E-state index contributed by atoms with van der Waals surface area (Å²) in [7, 11) is 0. The lowest BCUT2D eigenvalue weighted by molar-refractivity contribution is 0.103. The fourth-order valence-electron chi connectivity index (χ4n) is 4.51. The van der Waals surface area contributed by atoms with Crippen LogP contribution in [0.15, 0.2) is 114 Å². The van der Waals surface area contributed by atoms with Crippen LogP contribution in [0.1, 0.15) is 38.2 Å². The Morgan fingerprint density at radius 1 is 0.735 bits per heavy atom. The molecule has 0 radical (unpaired) electrons. The molecule has 3 nitrogen and oxygen atoms in total. The van der Waals surface area contributed by atoms with Gasteiger partial charge in [-0.25, -0.2) is 0 Å². The second-order valence-electron chi connectivity index (χ2n) is 8.61. The zero-order valence-electron chi connectivity index (χ0n) is 19.1. The lowest BCUT2D eigenvalue weighted by Gasteiger charge is -2.18. The molecule has 0 amide bonds. The van der Waals surface area contributed by atoms with Crippen LogP contribution in [-0.2, 0) is 13.0 Å². The molecule has 0 N–H and O–H groups in total. The molecule has 34 heavy (non-hydrogen) atoms. The van der Waals surface area contributed by atoms with Gasteiger partial charge in [0, 0.05) is 10.9 Å². The Labute approximate surface area is 198 Å². The van der Waals surface area contributed by atoms with Crippen LogP contribution in [-0.4, -0.2) is 10.4 Å². The van der Waals surface area contributed by atoms with Crippen molar-refractivity contribution in [1.82, 2.24) is 4.57 Å². The lowest BCUT2D eigenvalue weighted by atomic mass is 9.91. The Morgan fingerprint density at radius 3 is 1.97 bits per heavy atom. The molecular weight excluding hydrogens is 418 g/mol. The Kier molecular flexibility index (Phi) is 5.92. The molecule has 5 aromatic rings. The standard InChI is InChI=1S/C31H25NO2/c1-22-17-18-28-26(19-22)27(20-23-11-5-2-6-12-23)29(30(33)25-15-9-4-10-16-25)31(34)32(28)21-24-13-7-3-8-14-24/h2-19H,20-21H2,1H3. The van der Waals surface area contributed by atoms with Crippen LogP contribution in [0.25, 0.3) is 10.9 Å². The van der Waals surface area contributed by atoms with Crippen LogP contribution in [0.4, 0.5) is 0 Å². The first-order valence-electron chi connectivity index (χ1n) is 11.5. The van der Waals surface area contributed by atoms with Gasteiger partial charge in [-0.2, -0.15) is 0 Å². The molecule has 5 rings (SSSR count). The van der Waals surface area contributed by atoms with Gasteiger partial charge >= 0.3 is 0 Å². The quantitative estimate of drug-likeness (QED) is 0.294. The van der Waals surface area contributed by atoms with Crippen molar-refractivity contribution in [3.05, 3.63) is 153 Å². The largest absolute Gasteiger partial charge is 0.303 e. The van der Waals surface area contributed by atoms with Crippen molar-refractivity contribution >= 4 is 16.7 Å². The Balaban J connectivity index is 1.82. The summed E-state index contributed by atoms with van der Waals surface area (Å²) in [5.74, 6) is -0.234. The molecule has 0 saturated carbocycles. The second-order valence-corrected chi connectivity index (χ2v) is 8.61. The number of aromatic nitrogens is 1. The number of hydrogen-bond donors (Lipinski definition) is 0. The van der Waals surface area contributed by atoms with Gasteiger partial charge in [-0.15, -0.1) is 0 Å². The third-order valence-corrected chi connectivity index (χ3v) is 6.20. The predicted octanol–water partition coefficient (Wildman–Crippen LogP) is 6.18. The molecule has 0 aliphatic rings. The molecule has 1 heterocycles. The number of carbonyl (C=O) groups excluding carboxylic acids is 1. The summed E-state index contributed by atoms with van der Waals surface area (Å²) in [4.78, 5) is 27.8. The maximum Gasteiger partial charge on any atom is 0.262 e. The number of fused-ring (bicyclic) bond motifs is 1. The van der Waals surface area contributed by atoms with Crippen LogP contribution in [0, 0.1) is 6.92 Å². The summed E-state index contributed by atoms with van der Waals surface area (Å²) in [6.07, 6.45) is 0.510. The maximum atomic E-state index is 14.0. The van der Waals surface area contributed by atoms with E-state index in [1.165, 1.54) is 0 Å². The van der Waals surface area contributed by atoms with Crippen LogP contribution in [0.3, 0.4) is 0 Å². The molecular formula is C31H25NO2. The Bertz CT molecular complexity index is 1520. The maximum absolute atomic E-state index is 14.0. The second kappa shape index (κ2) is 9.32. The topological polar surface area (TPSA) is 39.1 Å². The number of rotatable bonds is 6. The van der Waals surface area contributed by atoms with Gasteiger partial charge in [0.1, 0.15) is 0 Å². The summed E-state index contributed by atoms with van der Waals surface area (Å²) in [5.41, 5.74) is 5.32. The molecule has 4 aromatic carbocycles. The zero-order chi connectivity index (χ0) is 23.5. The third-order valence-electron chi connectivity index (χ3n) is 6.20. The van der Waals surface area contributed by atoms with E-state index in [1.807, 2.05) is 97.9 Å². The molecule has 1 aromatic heterocycles. The molecule has 0 aliphatic heterocycles. The first kappa shape index (κ1) is 21.6. The highest BCUT2D eigenvalue weighted by atomic mass is 16.1. The number of pyridine rings is 1. The van der Waals surface area contributed by atoms with Crippen LogP contribution < -0.4 is 5.56 Å². The first-order valence-corrected chi connectivity index (χ1v) is 11.5. The van der Waals surface area contributed by atoms with Crippen molar-refractivity contribution in [3.63, 3.8) is 0 Å². The van der Waals surface area contributed by atoms with Crippen LogP contribution in [0.2, 0.25) is 0 Å². The number of ketones is 1. The average molecular weight is 444 g/mol. The zero-order valence-corrected chi connectivity index (χ0v) is 19.1. The van der Waals surface area contributed by atoms with Gasteiger partial charge in [0.05, 0.1) is 17.6 Å². The summed E-state index contributed by atoms with van der Waals surface area (Å²) < 4.78 is 1.74. The van der Waals surface area contributed by atoms with Gasteiger partial charge in [0.2, 0.25) is 0 Å². The molecule has 0 saturated heterocycles. The van der Waals surface area contributed by atoms with Crippen LogP contribution >= 0.6 is 0 Å². The van der Waals surface area contributed by atoms with E-state index in [1.54, 1.807) is 16.7 Å². The van der Waals surface area contributed by atoms with Gasteiger partial charge in [0.15, 0.2) is 5.78 Å². The van der Waals surface area contributed by atoms with Crippen molar-refractivity contribution in [2.45, 2.75) is 19.9 Å². The number of aryl methyl sites for hydroxylation is 1. The minimum Gasteiger partial charge on any atom is -0.303 e. The van der Waals surface area contributed by atoms with E-state index in [-0.39, 0.29) is 16.9 Å². The minimum atomic E-state index is -0.250. The fraction of sp³-hybridized carbons (Fsp3) is 0.0968. The number of hydrogen-bond acceptors (Lipinski definition) is 2. The highest BCUT2D eigenvalue weighted by molar-refractivity contribution is 6.11. The van der Waals surface area contributed by atoms with Crippen molar-refractivity contribution < 1.29 is 4.79 Å². The minimum absolute atomic E-state index is 0.234. The van der Waals surface area contributed by atoms with Gasteiger partial charge in [-0.3, -0.25) is 9.59 Å². The van der Waals surface area contributed by atoms with E-state index in [0.29, 0.717) is 18.5 Å². The number of benzene rings is 4. The van der Waals surface area contributed by atoms with E-state index in [4.69, 9.17) is 0 Å². The molecule has 0 atom stereocenters. The Morgan fingerprint density at radius 2 is 1.32 bits per heavy atom. The van der Waals surface area contributed by atoms with E-state index < -0.39 is 0 Å². The van der Waals surface area contributed by atoms with E-state index in [9.17, 15) is 9.59 Å². The summed E-state index contributed by atoms with van der Waals surface area (Å²) in [6.45, 7) is 2.44. The van der Waals surface area contributed by atoms with Crippen molar-refractivity contribution in [2.24, 2.45) is 0 Å². The molecule has 0 spiro atoms. The fourth-order valence-corrected chi connectivity index (χ4v) is 4.51. The third kappa shape index (κ3) is 4.20. The van der Waals surface area contributed by atoms with Crippen molar-refractivity contribution in [1.29, 1.82) is 0 Å². The van der Waals surface area contributed by atoms with Gasteiger partial charge in [0.25, 0.3) is 5.56 Å². The highest BCUT2D eigenvalue weighted by Crippen LogP contribution is 2.26. The Hall–Kier alpha value is -4.24. The number of nitrogens with zero attached hydrogens (tertiary/aromatic N) is 1. The van der Waals surface area contributed by atoms with Gasteiger partial charge in [-0.1, -0.05) is 103 Å². The SMILES string of the molecule is Cc1ccc2c(c1)c(Cc1ccccc1)c(C(=O)c1ccccc1)c(=O)n2Cc1ccccc1.